The summed E-state index contributed by atoms with van der Waals surface area (Å²) in [5, 5.41) is 10.9. The molecular formula is C25H25F3N4O4S. The van der Waals surface area contributed by atoms with E-state index in [-0.39, 0.29) is 35.8 Å². The van der Waals surface area contributed by atoms with Crippen molar-refractivity contribution in [1.29, 1.82) is 5.26 Å². The van der Waals surface area contributed by atoms with Crippen LogP contribution in [0.2, 0.25) is 0 Å². The molecule has 0 bridgehead atoms. The first-order chi connectivity index (χ1) is 17.5. The standard InChI is InChI=1S/C25H25F3N4O4S/c26-25(27,28)22-8-7-16(14-30-22)15-31-23(33)21-6-1-2-9-32(21)24(34)18-4-3-5-19(12-18)37(35,36)20-10-17(11-20)13-29/h3-5,7-8,12,14,17,20-21H,1-2,6,9-11,15H2,(H,31,33). The number of aromatic nitrogens is 1. The molecule has 2 fully saturated rings. The first kappa shape index (κ1) is 26.6. The van der Waals surface area contributed by atoms with Gasteiger partial charge >= 0.3 is 6.18 Å². The minimum atomic E-state index is -4.56. The Labute approximate surface area is 212 Å². The zero-order valence-electron chi connectivity index (χ0n) is 19.7. The number of nitriles is 1. The summed E-state index contributed by atoms with van der Waals surface area (Å²) in [5.74, 6) is -1.21. The zero-order chi connectivity index (χ0) is 26.8. The SMILES string of the molecule is N#CC1CC(S(=O)(=O)c2cccc(C(=O)N3CCCCC3C(=O)NCc3ccc(C(F)(F)F)nc3)c2)C1. The predicted octanol–water partition coefficient (Wildman–Crippen LogP) is 3.49. The molecule has 0 radical (unpaired) electrons. The van der Waals surface area contributed by atoms with Gasteiger partial charge in [0.25, 0.3) is 5.91 Å². The smallest absolute Gasteiger partial charge is 0.350 e. The number of halogens is 3. The van der Waals surface area contributed by atoms with Crippen molar-refractivity contribution in [2.24, 2.45) is 5.92 Å². The second-order valence-corrected chi connectivity index (χ2v) is 11.5. The Hall–Kier alpha value is -3.46. The molecule has 1 atom stereocenters. The van der Waals surface area contributed by atoms with Crippen LogP contribution in [0.3, 0.4) is 0 Å². The van der Waals surface area contributed by atoms with Crippen LogP contribution in [-0.4, -0.2) is 48.0 Å². The Morgan fingerprint density at radius 1 is 1.16 bits per heavy atom. The lowest BCUT2D eigenvalue weighted by atomic mass is 9.86. The van der Waals surface area contributed by atoms with E-state index in [2.05, 4.69) is 16.4 Å². The van der Waals surface area contributed by atoms with Gasteiger partial charge in [-0.25, -0.2) is 8.42 Å². The lowest BCUT2D eigenvalue weighted by Gasteiger charge is -2.35. The lowest BCUT2D eigenvalue weighted by molar-refractivity contribution is -0.141. The molecule has 2 amide bonds. The molecule has 2 aliphatic rings. The van der Waals surface area contributed by atoms with E-state index in [4.69, 9.17) is 5.26 Å². The summed E-state index contributed by atoms with van der Waals surface area (Å²) in [6.45, 7) is 0.253. The van der Waals surface area contributed by atoms with Crippen molar-refractivity contribution in [3.05, 3.63) is 59.4 Å². The van der Waals surface area contributed by atoms with Crippen molar-refractivity contribution in [2.45, 2.75) is 61.0 Å². The normalized spacial score (nSPS) is 22.0. The number of alkyl halides is 3. The number of nitrogens with zero attached hydrogens (tertiary/aromatic N) is 3. The number of hydrogen-bond acceptors (Lipinski definition) is 6. The highest BCUT2D eigenvalue weighted by Gasteiger charge is 2.40. The van der Waals surface area contributed by atoms with Gasteiger partial charge < -0.3 is 10.2 Å². The van der Waals surface area contributed by atoms with E-state index in [9.17, 15) is 31.2 Å². The van der Waals surface area contributed by atoms with Crippen molar-refractivity contribution in [3.8, 4) is 6.07 Å². The van der Waals surface area contributed by atoms with Crippen LogP contribution in [0.4, 0.5) is 13.2 Å². The van der Waals surface area contributed by atoms with E-state index < -0.39 is 44.8 Å². The van der Waals surface area contributed by atoms with Gasteiger partial charge in [0, 0.05) is 30.8 Å². The number of amides is 2. The number of pyridine rings is 1. The third-order valence-electron chi connectivity index (χ3n) is 6.77. The number of benzene rings is 1. The average Bonchev–Trinajstić information content (AvgIpc) is 2.86. The maximum absolute atomic E-state index is 13.3. The Morgan fingerprint density at radius 3 is 2.57 bits per heavy atom. The number of rotatable bonds is 6. The molecule has 1 unspecified atom stereocenters. The van der Waals surface area contributed by atoms with Gasteiger partial charge in [-0.1, -0.05) is 12.1 Å². The second-order valence-electron chi connectivity index (χ2n) is 9.27. The summed E-state index contributed by atoms with van der Waals surface area (Å²) in [6, 6.07) is 9.04. The van der Waals surface area contributed by atoms with Gasteiger partial charge in [0.15, 0.2) is 9.84 Å². The van der Waals surface area contributed by atoms with E-state index in [1.54, 1.807) is 0 Å². The monoisotopic (exact) mass is 534 g/mol. The van der Waals surface area contributed by atoms with Crippen LogP contribution >= 0.6 is 0 Å². The summed E-state index contributed by atoms with van der Waals surface area (Å²) in [6.07, 6.45) is -1.20. The number of likely N-dealkylation sites (tertiary alicyclic amines) is 1. The molecular weight excluding hydrogens is 509 g/mol. The van der Waals surface area contributed by atoms with Gasteiger partial charge in [0.2, 0.25) is 5.91 Å². The number of carbonyl (C=O) groups excluding carboxylic acids is 2. The summed E-state index contributed by atoms with van der Waals surface area (Å²) in [5.41, 5.74) is -0.510. The molecule has 1 saturated carbocycles. The largest absolute Gasteiger partial charge is 0.433 e. The Kier molecular flexibility index (Phi) is 7.54. The maximum Gasteiger partial charge on any atom is 0.433 e. The predicted molar refractivity (Wildman–Crippen MR) is 126 cm³/mol. The molecule has 1 N–H and O–H groups in total. The fourth-order valence-corrected chi connectivity index (χ4v) is 6.46. The fraction of sp³-hybridized carbons (Fsp3) is 0.440. The molecule has 0 spiro atoms. The van der Waals surface area contributed by atoms with Gasteiger partial charge in [-0.3, -0.25) is 14.6 Å². The average molecular weight is 535 g/mol. The maximum atomic E-state index is 13.3. The molecule has 1 aliphatic carbocycles. The summed E-state index contributed by atoms with van der Waals surface area (Å²) >= 11 is 0. The van der Waals surface area contributed by atoms with Gasteiger partial charge in [-0.05, 0) is 61.9 Å². The molecule has 2 aromatic rings. The van der Waals surface area contributed by atoms with Gasteiger partial charge in [-0.15, -0.1) is 0 Å². The molecule has 1 aromatic heterocycles. The molecule has 2 heterocycles. The number of sulfone groups is 1. The van der Waals surface area contributed by atoms with Crippen molar-refractivity contribution in [1.82, 2.24) is 15.2 Å². The minimum Gasteiger partial charge on any atom is -0.350 e. The fourth-order valence-electron chi connectivity index (χ4n) is 4.54. The Morgan fingerprint density at radius 2 is 1.92 bits per heavy atom. The summed E-state index contributed by atoms with van der Waals surface area (Å²) in [7, 11) is -3.69. The highest BCUT2D eigenvalue weighted by Crippen LogP contribution is 2.36. The first-order valence-electron chi connectivity index (χ1n) is 11.8. The molecule has 8 nitrogen and oxygen atoms in total. The highest BCUT2D eigenvalue weighted by atomic mass is 32.2. The quantitative estimate of drug-likeness (QED) is 0.606. The third kappa shape index (κ3) is 5.77. The van der Waals surface area contributed by atoms with Gasteiger partial charge in [0.05, 0.1) is 16.2 Å². The van der Waals surface area contributed by atoms with E-state index in [0.717, 1.165) is 12.3 Å². The number of nitrogens with one attached hydrogen (secondary N) is 1. The molecule has 1 aliphatic heterocycles. The number of piperidine rings is 1. The van der Waals surface area contributed by atoms with Gasteiger partial charge in [0.1, 0.15) is 11.7 Å². The Bertz CT molecular complexity index is 1320. The van der Waals surface area contributed by atoms with E-state index >= 15 is 0 Å². The van der Waals surface area contributed by atoms with E-state index in [0.29, 0.717) is 31.4 Å². The van der Waals surface area contributed by atoms with Crippen molar-refractivity contribution in [3.63, 3.8) is 0 Å². The molecule has 37 heavy (non-hydrogen) atoms. The van der Waals surface area contributed by atoms with Gasteiger partial charge in [-0.2, -0.15) is 18.4 Å². The van der Waals surface area contributed by atoms with Crippen LogP contribution in [-0.2, 0) is 27.4 Å². The zero-order valence-corrected chi connectivity index (χ0v) is 20.6. The first-order valence-corrected chi connectivity index (χ1v) is 13.4. The van der Waals surface area contributed by atoms with E-state index in [1.807, 2.05) is 0 Å². The molecule has 12 heteroatoms. The van der Waals surface area contributed by atoms with Crippen LogP contribution in [0.15, 0.2) is 47.5 Å². The molecule has 196 valence electrons. The van der Waals surface area contributed by atoms with Crippen LogP contribution in [0.25, 0.3) is 0 Å². The van der Waals surface area contributed by atoms with E-state index in [1.165, 1.54) is 35.2 Å². The minimum absolute atomic E-state index is 0.00699. The summed E-state index contributed by atoms with van der Waals surface area (Å²) < 4.78 is 64.0. The summed E-state index contributed by atoms with van der Waals surface area (Å²) in [4.78, 5) is 31.1. The highest BCUT2D eigenvalue weighted by molar-refractivity contribution is 7.92. The third-order valence-corrected chi connectivity index (χ3v) is 8.95. The Balaban J connectivity index is 1.44. The molecule has 1 aromatic carbocycles. The topological polar surface area (TPSA) is 120 Å². The second kappa shape index (κ2) is 10.5. The van der Waals surface area contributed by atoms with Crippen LogP contribution in [0.1, 0.15) is 53.7 Å². The number of hydrogen-bond donors (Lipinski definition) is 1. The number of carbonyl (C=O) groups is 2. The van der Waals surface area contributed by atoms with Crippen molar-refractivity contribution in [2.75, 3.05) is 6.54 Å². The molecule has 1 saturated heterocycles. The van der Waals surface area contributed by atoms with Crippen molar-refractivity contribution < 1.29 is 31.2 Å². The van der Waals surface area contributed by atoms with Crippen LogP contribution < -0.4 is 5.32 Å². The molecule has 4 rings (SSSR count). The lowest BCUT2D eigenvalue weighted by Crippen LogP contribution is -2.51. The van der Waals surface area contributed by atoms with Crippen LogP contribution in [0, 0.1) is 17.2 Å². The van der Waals surface area contributed by atoms with Crippen LogP contribution in [0.5, 0.6) is 0 Å². The van der Waals surface area contributed by atoms with Crippen molar-refractivity contribution >= 4 is 21.7 Å².